The van der Waals surface area contributed by atoms with Crippen LogP contribution in [-0.4, -0.2) is 70.6 Å². The molecule has 1 aliphatic heterocycles. The molecule has 0 saturated carbocycles. The van der Waals surface area contributed by atoms with E-state index in [-0.39, 0.29) is 5.91 Å². The Balaban J connectivity index is 1.41. The molecule has 0 unspecified atom stereocenters. The molecule has 5 rings (SSSR count). The fourth-order valence-electron chi connectivity index (χ4n) is 5.63. The van der Waals surface area contributed by atoms with Gasteiger partial charge in [-0.1, -0.05) is 30.3 Å². The second-order valence-electron chi connectivity index (χ2n) is 10.6. The quantitative estimate of drug-likeness (QED) is 0.371. The summed E-state index contributed by atoms with van der Waals surface area (Å²) >= 11 is 0. The lowest BCUT2D eigenvalue weighted by Crippen LogP contribution is -2.32. The number of hydrogen-bond acceptors (Lipinski definition) is 4. The molecule has 2 N–H and O–H groups in total. The first-order valence-corrected chi connectivity index (χ1v) is 13.1. The van der Waals surface area contributed by atoms with Crippen LogP contribution in [0.2, 0.25) is 0 Å². The first-order valence-electron chi connectivity index (χ1n) is 13.1. The van der Waals surface area contributed by atoms with Gasteiger partial charge >= 0.3 is 0 Å². The minimum absolute atomic E-state index is 0.103. The molecule has 1 amide bonds. The number of likely N-dealkylation sites (tertiary alicyclic amines) is 1. The number of aliphatic hydroxyl groups is 1. The third-order valence-corrected chi connectivity index (χ3v) is 7.53. The molecule has 0 bridgehead atoms. The number of benzene rings is 2. The van der Waals surface area contributed by atoms with Crippen molar-refractivity contribution >= 4 is 16.9 Å². The molecule has 4 aromatic rings. The summed E-state index contributed by atoms with van der Waals surface area (Å²) in [5.41, 5.74) is 8.59. The molecule has 2 aromatic carbocycles. The van der Waals surface area contributed by atoms with Crippen LogP contribution in [0.1, 0.15) is 47.2 Å². The van der Waals surface area contributed by atoms with E-state index in [4.69, 9.17) is 4.98 Å². The van der Waals surface area contributed by atoms with Gasteiger partial charge in [-0.3, -0.25) is 4.79 Å². The van der Waals surface area contributed by atoms with E-state index in [0.717, 1.165) is 34.3 Å². The summed E-state index contributed by atoms with van der Waals surface area (Å²) in [7, 11) is 3.92. The van der Waals surface area contributed by atoms with E-state index in [2.05, 4.69) is 48.1 Å². The number of pyridine rings is 1. The van der Waals surface area contributed by atoms with Crippen LogP contribution in [0.25, 0.3) is 33.3 Å². The van der Waals surface area contributed by atoms with Crippen molar-refractivity contribution in [3.05, 3.63) is 77.6 Å². The third-order valence-electron chi connectivity index (χ3n) is 7.53. The number of aromatic nitrogens is 2. The number of aryl methyl sites for hydroxylation is 1. The molecule has 0 aliphatic carbocycles. The number of likely N-dealkylation sites (N-methyl/N-ethyl adjacent to an activating group) is 2. The highest BCUT2D eigenvalue weighted by Gasteiger charge is 2.21. The molecule has 37 heavy (non-hydrogen) atoms. The molecule has 6 heteroatoms. The van der Waals surface area contributed by atoms with E-state index in [1.807, 2.05) is 36.7 Å². The van der Waals surface area contributed by atoms with E-state index in [1.165, 1.54) is 36.1 Å². The topological polar surface area (TPSA) is 72.5 Å². The van der Waals surface area contributed by atoms with E-state index < -0.39 is 6.10 Å². The maximum Gasteiger partial charge on any atom is 0.253 e. The lowest BCUT2D eigenvalue weighted by Gasteiger charge is -2.31. The van der Waals surface area contributed by atoms with Gasteiger partial charge in [0.2, 0.25) is 0 Å². The normalized spacial score (nSPS) is 17.2. The van der Waals surface area contributed by atoms with Crippen molar-refractivity contribution in [3.8, 4) is 22.3 Å². The number of carbonyl (C=O) groups excluding carboxylic acids is 1. The fourth-order valence-corrected chi connectivity index (χ4v) is 5.63. The largest absolute Gasteiger partial charge is 0.392 e. The molecule has 1 aliphatic rings. The van der Waals surface area contributed by atoms with Gasteiger partial charge in [0.25, 0.3) is 5.91 Å². The molecule has 192 valence electrons. The number of piperidine rings is 1. The second kappa shape index (κ2) is 10.5. The Labute approximate surface area is 219 Å². The standard InChI is InChI=1S/C31H36N4O2/c1-20-14-24(11-12-27(20)25-6-5-13-34(3)19-25)26-15-28-29(17-33-30(28)32-16-26)22-7-9-23(10-8-22)31(37)35(4)18-21(2)36/h7-12,14-17,21,25,36H,5-6,13,18-19H2,1-4H3,(H,32,33)/t21-,25+/m0/s1. The minimum atomic E-state index is -0.560. The van der Waals surface area contributed by atoms with E-state index in [1.54, 1.807) is 18.9 Å². The molecule has 2 atom stereocenters. The maximum atomic E-state index is 12.7. The van der Waals surface area contributed by atoms with Crippen molar-refractivity contribution in [3.63, 3.8) is 0 Å². The van der Waals surface area contributed by atoms with Gasteiger partial charge in [0.15, 0.2) is 0 Å². The lowest BCUT2D eigenvalue weighted by atomic mass is 9.87. The number of nitrogens with one attached hydrogen (secondary N) is 1. The summed E-state index contributed by atoms with van der Waals surface area (Å²) in [6.07, 6.45) is 5.87. The van der Waals surface area contributed by atoms with Crippen LogP contribution < -0.4 is 0 Å². The highest BCUT2D eigenvalue weighted by Crippen LogP contribution is 2.34. The number of carbonyl (C=O) groups is 1. The zero-order valence-electron chi connectivity index (χ0n) is 22.2. The Hall–Kier alpha value is -3.48. The Bertz CT molecular complexity index is 1410. The highest BCUT2D eigenvalue weighted by atomic mass is 16.3. The van der Waals surface area contributed by atoms with Gasteiger partial charge in [0, 0.05) is 54.6 Å². The molecule has 6 nitrogen and oxygen atoms in total. The van der Waals surface area contributed by atoms with Crippen molar-refractivity contribution in [2.45, 2.75) is 38.7 Å². The van der Waals surface area contributed by atoms with Crippen LogP contribution >= 0.6 is 0 Å². The summed E-state index contributed by atoms with van der Waals surface area (Å²) in [6, 6.07) is 16.7. The minimum Gasteiger partial charge on any atom is -0.392 e. The molecule has 0 radical (unpaired) electrons. The summed E-state index contributed by atoms with van der Waals surface area (Å²) < 4.78 is 0. The van der Waals surface area contributed by atoms with Gasteiger partial charge in [-0.05, 0) is 86.7 Å². The van der Waals surface area contributed by atoms with Crippen LogP contribution in [0.5, 0.6) is 0 Å². The number of H-pyrrole nitrogens is 1. The number of aromatic amines is 1. The van der Waals surface area contributed by atoms with Crippen LogP contribution in [0.15, 0.2) is 60.9 Å². The zero-order chi connectivity index (χ0) is 26.1. The van der Waals surface area contributed by atoms with Crippen LogP contribution in [0, 0.1) is 6.92 Å². The monoisotopic (exact) mass is 496 g/mol. The van der Waals surface area contributed by atoms with Gasteiger partial charge in [0.05, 0.1) is 6.10 Å². The van der Waals surface area contributed by atoms with E-state index in [0.29, 0.717) is 18.0 Å². The summed E-state index contributed by atoms with van der Waals surface area (Å²) in [5.74, 6) is 0.500. The number of fused-ring (bicyclic) bond motifs is 1. The number of amides is 1. The predicted octanol–water partition coefficient (Wildman–Crippen LogP) is 5.47. The Morgan fingerprint density at radius 2 is 1.92 bits per heavy atom. The molecule has 0 spiro atoms. The molecular weight excluding hydrogens is 460 g/mol. The summed E-state index contributed by atoms with van der Waals surface area (Å²) in [5, 5.41) is 10.6. The SMILES string of the molecule is Cc1cc(-c2cnc3[nH]cc(-c4ccc(C(=O)N(C)C[C@H](C)O)cc4)c3c2)ccc1[C@@H]1CCCN(C)C1. The highest BCUT2D eigenvalue weighted by molar-refractivity contribution is 5.98. The van der Waals surface area contributed by atoms with Crippen molar-refractivity contribution in [1.29, 1.82) is 0 Å². The lowest BCUT2D eigenvalue weighted by molar-refractivity contribution is 0.0703. The van der Waals surface area contributed by atoms with Crippen molar-refractivity contribution < 1.29 is 9.90 Å². The first kappa shape index (κ1) is 25.2. The fraction of sp³-hybridized carbons (Fsp3) is 0.355. The Kier molecular flexibility index (Phi) is 7.13. The molecule has 1 fully saturated rings. The van der Waals surface area contributed by atoms with Crippen molar-refractivity contribution in [2.75, 3.05) is 33.7 Å². The number of hydrogen-bond donors (Lipinski definition) is 2. The summed E-state index contributed by atoms with van der Waals surface area (Å²) in [6.45, 7) is 6.52. The molecule has 3 heterocycles. The number of nitrogens with zero attached hydrogens (tertiary/aromatic N) is 3. The predicted molar refractivity (Wildman–Crippen MR) is 150 cm³/mol. The maximum absolute atomic E-state index is 12.7. The third kappa shape index (κ3) is 5.31. The Morgan fingerprint density at radius 1 is 1.16 bits per heavy atom. The molecule has 2 aromatic heterocycles. The average Bonchev–Trinajstić information content (AvgIpc) is 3.31. The average molecular weight is 497 g/mol. The van der Waals surface area contributed by atoms with E-state index in [9.17, 15) is 9.90 Å². The summed E-state index contributed by atoms with van der Waals surface area (Å²) in [4.78, 5) is 24.6. The van der Waals surface area contributed by atoms with Crippen LogP contribution in [-0.2, 0) is 0 Å². The zero-order valence-corrected chi connectivity index (χ0v) is 22.2. The second-order valence-corrected chi connectivity index (χ2v) is 10.6. The van der Waals surface area contributed by atoms with Gasteiger partial charge < -0.3 is 19.9 Å². The van der Waals surface area contributed by atoms with Crippen molar-refractivity contribution in [2.24, 2.45) is 0 Å². The van der Waals surface area contributed by atoms with E-state index >= 15 is 0 Å². The molecular formula is C31H36N4O2. The smallest absolute Gasteiger partial charge is 0.253 e. The van der Waals surface area contributed by atoms with Gasteiger partial charge in [-0.15, -0.1) is 0 Å². The van der Waals surface area contributed by atoms with Crippen LogP contribution in [0.4, 0.5) is 0 Å². The number of aliphatic hydroxyl groups excluding tert-OH is 1. The first-order chi connectivity index (χ1) is 17.8. The van der Waals surface area contributed by atoms with Gasteiger partial charge in [-0.2, -0.15) is 0 Å². The molecule has 1 saturated heterocycles. The Morgan fingerprint density at radius 3 is 2.62 bits per heavy atom. The van der Waals surface area contributed by atoms with Gasteiger partial charge in [-0.25, -0.2) is 4.98 Å². The van der Waals surface area contributed by atoms with Crippen molar-refractivity contribution in [1.82, 2.24) is 19.8 Å². The van der Waals surface area contributed by atoms with Gasteiger partial charge in [0.1, 0.15) is 5.65 Å². The number of rotatable bonds is 6. The van der Waals surface area contributed by atoms with Crippen LogP contribution in [0.3, 0.4) is 0 Å².